The molecular weight excluding hydrogens is 579 g/mol. The van der Waals surface area contributed by atoms with E-state index < -0.39 is 21.9 Å². The summed E-state index contributed by atoms with van der Waals surface area (Å²) < 4.78 is 47.6. The Hall–Kier alpha value is -3.28. The van der Waals surface area contributed by atoms with Gasteiger partial charge in [0.2, 0.25) is 10.0 Å². The molecule has 0 saturated carbocycles. The van der Waals surface area contributed by atoms with Crippen molar-refractivity contribution in [2.75, 3.05) is 15.9 Å². The van der Waals surface area contributed by atoms with Crippen molar-refractivity contribution in [3.05, 3.63) is 100 Å². The first-order valence-electron chi connectivity index (χ1n) is 11.2. The average Bonchev–Trinajstić information content (AvgIpc) is 3.45. The monoisotopic (exact) mass is 600 g/mol. The highest BCUT2D eigenvalue weighted by atomic mass is 79.9. The minimum absolute atomic E-state index is 0.343. The van der Waals surface area contributed by atoms with Gasteiger partial charge in [0.15, 0.2) is 5.11 Å². The first-order valence-corrected chi connectivity index (χ1v) is 14.3. The predicted molar refractivity (Wildman–Crippen MR) is 149 cm³/mol. The smallest absolute Gasteiger partial charge is 0.229 e. The van der Waals surface area contributed by atoms with Crippen molar-refractivity contribution >= 4 is 54.7 Å². The fraction of sp³-hybridized carbons (Fsp3) is 0.154. The number of hydrogen-bond donors (Lipinski definition) is 2. The molecule has 190 valence electrons. The van der Waals surface area contributed by atoms with Crippen LogP contribution in [-0.2, 0) is 10.0 Å². The predicted octanol–water partition coefficient (Wildman–Crippen LogP) is 6.10. The van der Waals surface area contributed by atoms with E-state index in [0.717, 1.165) is 23.2 Å². The number of thiocarbonyl (C=S) groups is 1. The largest absolute Gasteiger partial charge is 0.459 e. The molecule has 2 aromatic heterocycles. The summed E-state index contributed by atoms with van der Waals surface area (Å²) in [5.74, 6) is 0.552. The van der Waals surface area contributed by atoms with Crippen LogP contribution in [0.2, 0.25) is 0 Å². The number of nitrogens with zero attached hydrogens (tertiary/aromatic N) is 2. The highest BCUT2D eigenvalue weighted by molar-refractivity contribution is 9.10. The van der Waals surface area contributed by atoms with Gasteiger partial charge in [-0.3, -0.25) is 9.71 Å². The van der Waals surface area contributed by atoms with E-state index in [1.54, 1.807) is 36.5 Å². The molecular formula is C26H22BrFN4O3S2. The number of furan rings is 1. The van der Waals surface area contributed by atoms with Crippen molar-refractivity contribution in [2.24, 2.45) is 0 Å². The third-order valence-electron chi connectivity index (χ3n) is 6.00. The fourth-order valence-electron chi connectivity index (χ4n) is 4.38. The third-order valence-corrected chi connectivity index (χ3v) is 7.39. The Morgan fingerprint density at radius 3 is 2.62 bits per heavy atom. The summed E-state index contributed by atoms with van der Waals surface area (Å²) in [4.78, 5) is 6.44. The van der Waals surface area contributed by atoms with Gasteiger partial charge >= 0.3 is 0 Å². The van der Waals surface area contributed by atoms with Crippen LogP contribution in [0.25, 0.3) is 11.3 Å². The molecule has 1 aliphatic heterocycles. The lowest BCUT2D eigenvalue weighted by Crippen LogP contribution is -2.29. The Morgan fingerprint density at radius 2 is 1.95 bits per heavy atom. The first-order chi connectivity index (χ1) is 17.6. The lowest BCUT2D eigenvalue weighted by molar-refractivity contribution is 0.438. The molecule has 1 saturated heterocycles. The number of anilines is 2. The van der Waals surface area contributed by atoms with Crippen molar-refractivity contribution in [3.8, 4) is 11.3 Å². The number of nitrogens with one attached hydrogen (secondary N) is 2. The maximum atomic E-state index is 14.7. The Kier molecular flexibility index (Phi) is 6.78. The second-order valence-electron chi connectivity index (χ2n) is 8.70. The Balaban J connectivity index is 1.59. The second-order valence-corrected chi connectivity index (χ2v) is 11.7. The van der Waals surface area contributed by atoms with E-state index in [9.17, 15) is 12.8 Å². The molecule has 3 heterocycles. The Morgan fingerprint density at radius 1 is 1.14 bits per heavy atom. The molecule has 2 aromatic carbocycles. The van der Waals surface area contributed by atoms with E-state index >= 15 is 0 Å². The van der Waals surface area contributed by atoms with Gasteiger partial charge in [-0.25, -0.2) is 12.8 Å². The number of aryl methyl sites for hydroxylation is 1. The maximum Gasteiger partial charge on any atom is 0.229 e. The number of benzene rings is 2. The molecule has 4 aromatic rings. The molecule has 2 atom stereocenters. The molecule has 5 rings (SSSR count). The summed E-state index contributed by atoms with van der Waals surface area (Å²) in [6, 6.07) is 18.5. The molecule has 0 unspecified atom stereocenters. The highest BCUT2D eigenvalue weighted by Crippen LogP contribution is 2.43. The molecule has 37 heavy (non-hydrogen) atoms. The second kappa shape index (κ2) is 9.88. The molecule has 0 radical (unpaired) electrons. The Bertz CT molecular complexity index is 1590. The van der Waals surface area contributed by atoms with Crippen LogP contribution in [0.3, 0.4) is 0 Å². The van der Waals surface area contributed by atoms with Crippen LogP contribution >= 0.6 is 28.1 Å². The standard InChI is InChI=1S/C26H22BrFN4O3S2/c1-15-13-17(7-9-20(15)31-37(2,33)34)32-25(24(30-26(32)36)21-5-3-4-12-29-21)23-11-10-22(35-23)18-8-6-16(27)14-19(18)28/h3-14,24-25,31H,1-2H3,(H,30,36)/t24-,25-/m1/s1. The molecule has 1 aliphatic rings. The lowest BCUT2D eigenvalue weighted by atomic mass is 10.0. The SMILES string of the molecule is Cc1cc(N2C(=S)N[C@H](c3ccccn3)[C@H]2c2ccc(-c3ccc(Br)cc3F)o2)ccc1NS(C)(=O)=O. The van der Waals surface area contributed by atoms with Crippen molar-refractivity contribution in [2.45, 2.75) is 19.0 Å². The minimum Gasteiger partial charge on any atom is -0.459 e. The summed E-state index contributed by atoms with van der Waals surface area (Å²) in [5.41, 5.74) is 3.05. The summed E-state index contributed by atoms with van der Waals surface area (Å²) >= 11 is 9.03. The number of aromatic nitrogens is 1. The van der Waals surface area contributed by atoms with Gasteiger partial charge in [-0.2, -0.15) is 0 Å². The van der Waals surface area contributed by atoms with E-state index in [-0.39, 0.29) is 6.04 Å². The quantitative estimate of drug-likeness (QED) is 0.258. The van der Waals surface area contributed by atoms with E-state index in [4.69, 9.17) is 16.6 Å². The van der Waals surface area contributed by atoms with Crippen LogP contribution in [0.1, 0.15) is 29.1 Å². The number of sulfonamides is 1. The molecule has 0 bridgehead atoms. The average molecular weight is 602 g/mol. The van der Waals surface area contributed by atoms with Crippen LogP contribution in [0.15, 0.2) is 81.8 Å². The number of pyridine rings is 1. The fourth-order valence-corrected chi connectivity index (χ4v) is 5.69. The zero-order valence-electron chi connectivity index (χ0n) is 19.8. The normalized spacial score (nSPS) is 17.6. The maximum absolute atomic E-state index is 14.7. The molecule has 0 amide bonds. The van der Waals surface area contributed by atoms with Crippen LogP contribution < -0.4 is 14.9 Å². The van der Waals surface area contributed by atoms with Crippen molar-refractivity contribution in [1.29, 1.82) is 0 Å². The molecule has 0 aliphatic carbocycles. The van der Waals surface area contributed by atoms with Gasteiger partial charge in [0.05, 0.1) is 29.2 Å². The van der Waals surface area contributed by atoms with Gasteiger partial charge in [0.1, 0.15) is 23.4 Å². The van der Waals surface area contributed by atoms with E-state index in [0.29, 0.717) is 32.4 Å². The van der Waals surface area contributed by atoms with E-state index in [1.165, 1.54) is 6.07 Å². The zero-order valence-corrected chi connectivity index (χ0v) is 23.0. The zero-order chi connectivity index (χ0) is 26.3. The van der Waals surface area contributed by atoms with Crippen LogP contribution in [0.5, 0.6) is 0 Å². The topological polar surface area (TPSA) is 87.5 Å². The lowest BCUT2D eigenvalue weighted by Gasteiger charge is -2.26. The molecule has 7 nitrogen and oxygen atoms in total. The van der Waals surface area contributed by atoms with Gasteiger partial charge in [-0.05, 0) is 85.4 Å². The third kappa shape index (κ3) is 5.25. The minimum atomic E-state index is -3.43. The van der Waals surface area contributed by atoms with Crippen molar-refractivity contribution < 1.29 is 17.2 Å². The van der Waals surface area contributed by atoms with Crippen molar-refractivity contribution in [3.63, 3.8) is 0 Å². The van der Waals surface area contributed by atoms with Gasteiger partial charge < -0.3 is 14.6 Å². The Labute approximate surface area is 227 Å². The molecule has 11 heteroatoms. The molecule has 0 spiro atoms. The summed E-state index contributed by atoms with van der Waals surface area (Å²) in [7, 11) is -3.43. The summed E-state index contributed by atoms with van der Waals surface area (Å²) in [6.07, 6.45) is 2.82. The summed E-state index contributed by atoms with van der Waals surface area (Å²) in [5, 5.41) is 3.81. The highest BCUT2D eigenvalue weighted by Gasteiger charge is 2.42. The van der Waals surface area contributed by atoms with Crippen LogP contribution in [0, 0.1) is 12.7 Å². The summed E-state index contributed by atoms with van der Waals surface area (Å²) in [6.45, 7) is 1.82. The number of hydrogen-bond acceptors (Lipinski definition) is 5. The van der Waals surface area contributed by atoms with Crippen LogP contribution in [0.4, 0.5) is 15.8 Å². The molecule has 2 N–H and O–H groups in total. The number of halogens is 2. The van der Waals surface area contributed by atoms with Gasteiger partial charge in [0, 0.05) is 16.4 Å². The molecule has 1 fully saturated rings. The van der Waals surface area contributed by atoms with Crippen molar-refractivity contribution in [1.82, 2.24) is 10.3 Å². The van der Waals surface area contributed by atoms with Gasteiger partial charge in [-0.1, -0.05) is 22.0 Å². The first kappa shape index (κ1) is 25.4. The number of rotatable bonds is 6. The van der Waals surface area contributed by atoms with Gasteiger partial charge in [0.25, 0.3) is 0 Å². The van der Waals surface area contributed by atoms with E-state index in [1.807, 2.05) is 42.2 Å². The van der Waals surface area contributed by atoms with Gasteiger partial charge in [-0.15, -0.1) is 0 Å². The van der Waals surface area contributed by atoms with E-state index in [2.05, 4.69) is 31.0 Å². The van der Waals surface area contributed by atoms with Crippen LogP contribution in [-0.4, -0.2) is 24.8 Å².